The Labute approximate surface area is 169 Å². The molecule has 7 nitrogen and oxygen atoms in total. The summed E-state index contributed by atoms with van der Waals surface area (Å²) in [7, 11) is 1.46. The van der Waals surface area contributed by atoms with Crippen LogP contribution >= 0.6 is 0 Å². The highest BCUT2D eigenvalue weighted by atomic mass is 16.5. The van der Waals surface area contributed by atoms with Crippen LogP contribution in [0.2, 0.25) is 0 Å². The molecule has 0 aliphatic heterocycles. The van der Waals surface area contributed by atoms with Crippen LogP contribution < -0.4 is 4.74 Å². The number of H-pyrrole nitrogens is 1. The lowest BCUT2D eigenvalue weighted by Crippen LogP contribution is -2.26. The molecule has 2 rings (SSSR count). The number of aromatic amines is 1. The molecule has 1 atom stereocenters. The first-order valence-corrected chi connectivity index (χ1v) is 9.18. The van der Waals surface area contributed by atoms with Gasteiger partial charge in [-0.15, -0.1) is 0 Å². The van der Waals surface area contributed by atoms with Gasteiger partial charge in [-0.25, -0.2) is 0 Å². The summed E-state index contributed by atoms with van der Waals surface area (Å²) in [6.45, 7) is 7.74. The van der Waals surface area contributed by atoms with Gasteiger partial charge < -0.3 is 14.5 Å². The Morgan fingerprint density at radius 1 is 1.07 bits per heavy atom. The summed E-state index contributed by atoms with van der Waals surface area (Å²) < 4.78 is 10.5. The summed E-state index contributed by atoms with van der Waals surface area (Å²) in [6, 6.07) is 4.81. The SMILES string of the molecule is COc1ccc(C(C)=O)cc1CC(=O)O[C@@H](C)C(=O)c1[nH]c(C)c(C(C)=O)c1C. The number of rotatable bonds is 8. The molecule has 0 radical (unpaired) electrons. The highest BCUT2D eigenvalue weighted by molar-refractivity contribution is 6.05. The van der Waals surface area contributed by atoms with Crippen molar-refractivity contribution in [3.05, 3.63) is 51.8 Å². The van der Waals surface area contributed by atoms with Crippen LogP contribution in [0.4, 0.5) is 0 Å². The Bertz CT molecular complexity index is 985. The number of aryl methyl sites for hydroxylation is 1. The quantitative estimate of drug-likeness (QED) is 0.539. The Morgan fingerprint density at radius 2 is 1.72 bits per heavy atom. The van der Waals surface area contributed by atoms with Crippen molar-refractivity contribution >= 4 is 23.3 Å². The molecule has 2 aromatic rings. The zero-order valence-electron chi connectivity index (χ0n) is 17.5. The molecule has 0 saturated carbocycles. The molecule has 0 amide bonds. The molecule has 0 spiro atoms. The second-order valence-corrected chi connectivity index (χ2v) is 6.94. The number of hydrogen-bond acceptors (Lipinski definition) is 6. The summed E-state index contributed by atoms with van der Waals surface area (Å²) in [5, 5.41) is 0. The Balaban J connectivity index is 2.16. The van der Waals surface area contributed by atoms with Crippen LogP contribution in [-0.4, -0.2) is 41.5 Å². The van der Waals surface area contributed by atoms with E-state index in [1.807, 2.05) is 0 Å². The van der Waals surface area contributed by atoms with Gasteiger partial charge in [0.2, 0.25) is 5.78 Å². The van der Waals surface area contributed by atoms with Gasteiger partial charge in [0.1, 0.15) is 5.75 Å². The van der Waals surface area contributed by atoms with Crippen LogP contribution in [0.1, 0.15) is 68.8 Å². The van der Waals surface area contributed by atoms with E-state index in [-0.39, 0.29) is 23.7 Å². The minimum atomic E-state index is -1.04. The fraction of sp³-hybridized carbons (Fsp3) is 0.364. The molecular formula is C22H25NO6. The van der Waals surface area contributed by atoms with Crippen molar-refractivity contribution in [2.45, 2.75) is 47.1 Å². The molecule has 1 heterocycles. The number of aromatic nitrogens is 1. The fourth-order valence-electron chi connectivity index (χ4n) is 3.31. The van der Waals surface area contributed by atoms with Gasteiger partial charge in [0, 0.05) is 22.4 Å². The monoisotopic (exact) mass is 399 g/mol. The van der Waals surface area contributed by atoms with Gasteiger partial charge in [0.05, 0.1) is 19.2 Å². The Kier molecular flexibility index (Phi) is 6.74. The van der Waals surface area contributed by atoms with Gasteiger partial charge in [-0.05, 0) is 58.4 Å². The number of ketones is 3. The lowest BCUT2D eigenvalue weighted by molar-refractivity contribution is -0.145. The van der Waals surface area contributed by atoms with Gasteiger partial charge in [-0.1, -0.05) is 0 Å². The third-order valence-corrected chi connectivity index (χ3v) is 4.74. The van der Waals surface area contributed by atoms with E-state index in [0.29, 0.717) is 33.7 Å². The summed E-state index contributed by atoms with van der Waals surface area (Å²) >= 11 is 0. The second-order valence-electron chi connectivity index (χ2n) is 6.94. The number of Topliss-reactive ketones (excluding diaryl/α,β-unsaturated/α-hetero) is 3. The minimum Gasteiger partial charge on any atom is -0.496 e. The van der Waals surface area contributed by atoms with Crippen molar-refractivity contribution in [2.75, 3.05) is 7.11 Å². The summed E-state index contributed by atoms with van der Waals surface area (Å²) in [5.41, 5.74) is 2.81. The minimum absolute atomic E-state index is 0.135. The number of nitrogens with one attached hydrogen (secondary N) is 1. The van der Waals surface area contributed by atoms with Gasteiger partial charge in [0.15, 0.2) is 17.7 Å². The average molecular weight is 399 g/mol. The lowest BCUT2D eigenvalue weighted by atomic mass is 10.0. The van der Waals surface area contributed by atoms with Crippen LogP contribution in [0.25, 0.3) is 0 Å². The van der Waals surface area contributed by atoms with E-state index < -0.39 is 17.9 Å². The molecule has 0 saturated heterocycles. The van der Waals surface area contributed by atoms with Crippen LogP contribution in [0, 0.1) is 13.8 Å². The molecule has 0 fully saturated rings. The van der Waals surface area contributed by atoms with Crippen LogP contribution in [0.15, 0.2) is 18.2 Å². The van der Waals surface area contributed by atoms with Crippen LogP contribution in [-0.2, 0) is 16.0 Å². The number of ether oxygens (including phenoxy) is 2. The van der Waals surface area contributed by atoms with E-state index in [9.17, 15) is 19.2 Å². The van der Waals surface area contributed by atoms with E-state index >= 15 is 0 Å². The molecule has 0 aliphatic rings. The molecule has 0 unspecified atom stereocenters. The summed E-state index contributed by atoms with van der Waals surface area (Å²) in [6.07, 6.45) is -1.19. The van der Waals surface area contributed by atoms with Crippen molar-refractivity contribution in [1.82, 2.24) is 4.98 Å². The molecule has 1 aromatic carbocycles. The molecule has 7 heteroatoms. The third kappa shape index (κ3) is 4.80. The molecular weight excluding hydrogens is 374 g/mol. The molecule has 1 N–H and O–H groups in total. The van der Waals surface area contributed by atoms with Crippen molar-refractivity contribution in [3.8, 4) is 5.75 Å². The normalized spacial score (nSPS) is 11.7. The Morgan fingerprint density at radius 3 is 2.24 bits per heavy atom. The van der Waals surface area contributed by atoms with E-state index in [4.69, 9.17) is 9.47 Å². The number of hydrogen-bond donors (Lipinski definition) is 1. The van der Waals surface area contributed by atoms with Gasteiger partial charge in [-0.2, -0.15) is 0 Å². The number of carbonyl (C=O) groups is 4. The van der Waals surface area contributed by atoms with E-state index in [2.05, 4.69) is 4.98 Å². The smallest absolute Gasteiger partial charge is 0.311 e. The van der Waals surface area contributed by atoms with Crippen molar-refractivity contribution < 1.29 is 28.7 Å². The summed E-state index contributed by atoms with van der Waals surface area (Å²) in [5.74, 6) is -0.872. The van der Waals surface area contributed by atoms with Crippen LogP contribution in [0.5, 0.6) is 5.75 Å². The molecule has 154 valence electrons. The van der Waals surface area contributed by atoms with Crippen molar-refractivity contribution in [3.63, 3.8) is 0 Å². The topological polar surface area (TPSA) is 103 Å². The number of carbonyl (C=O) groups excluding carboxylic acids is 4. The molecule has 29 heavy (non-hydrogen) atoms. The standard InChI is InChI=1S/C22H25NO6/c1-11-20(14(4)25)12(2)23-21(11)22(27)15(5)29-19(26)10-17-9-16(13(3)24)7-8-18(17)28-6/h7-9,15,23H,10H2,1-6H3/t15-/m0/s1. The third-order valence-electron chi connectivity index (χ3n) is 4.74. The largest absolute Gasteiger partial charge is 0.496 e. The predicted molar refractivity (Wildman–Crippen MR) is 107 cm³/mol. The molecule has 0 aliphatic carbocycles. The number of methoxy groups -OCH3 is 1. The molecule has 0 bridgehead atoms. The van der Waals surface area contributed by atoms with Crippen molar-refractivity contribution in [2.24, 2.45) is 0 Å². The fourth-order valence-corrected chi connectivity index (χ4v) is 3.31. The maximum absolute atomic E-state index is 12.7. The zero-order chi connectivity index (χ0) is 21.9. The van der Waals surface area contributed by atoms with Gasteiger partial charge in [-0.3, -0.25) is 19.2 Å². The maximum atomic E-state index is 12.7. The maximum Gasteiger partial charge on any atom is 0.311 e. The predicted octanol–water partition coefficient (Wildman–Crippen LogP) is 3.40. The highest BCUT2D eigenvalue weighted by Gasteiger charge is 2.26. The summed E-state index contributed by atoms with van der Waals surface area (Å²) in [4.78, 5) is 51.4. The first kappa shape index (κ1) is 22.1. The first-order valence-electron chi connectivity index (χ1n) is 9.18. The first-order chi connectivity index (χ1) is 13.6. The van der Waals surface area contributed by atoms with E-state index in [0.717, 1.165) is 0 Å². The average Bonchev–Trinajstić information content (AvgIpc) is 2.94. The number of esters is 1. The lowest BCUT2D eigenvalue weighted by Gasteiger charge is -2.14. The Hall–Kier alpha value is -3.22. The number of benzene rings is 1. The molecule has 1 aromatic heterocycles. The van der Waals surface area contributed by atoms with Crippen LogP contribution in [0.3, 0.4) is 0 Å². The van der Waals surface area contributed by atoms with Gasteiger partial charge >= 0.3 is 5.97 Å². The van der Waals surface area contributed by atoms with Crippen molar-refractivity contribution in [1.29, 1.82) is 0 Å². The van der Waals surface area contributed by atoms with E-state index in [1.54, 1.807) is 32.0 Å². The van der Waals surface area contributed by atoms with Gasteiger partial charge in [0.25, 0.3) is 0 Å². The second kappa shape index (κ2) is 8.86. The highest BCUT2D eigenvalue weighted by Crippen LogP contribution is 2.23. The zero-order valence-corrected chi connectivity index (χ0v) is 17.5. The van der Waals surface area contributed by atoms with E-state index in [1.165, 1.54) is 27.9 Å².